The maximum atomic E-state index is 12.9. The molecule has 1 unspecified atom stereocenters. The van der Waals surface area contributed by atoms with Gasteiger partial charge in [-0.3, -0.25) is 0 Å². The van der Waals surface area contributed by atoms with Crippen LogP contribution in [0.25, 0.3) is 0 Å². The van der Waals surface area contributed by atoms with Crippen molar-refractivity contribution >= 4 is 17.6 Å². The Morgan fingerprint density at radius 2 is 1.65 bits per heavy atom. The van der Waals surface area contributed by atoms with Gasteiger partial charge in [0.05, 0.1) is 24.2 Å². The number of benzene rings is 1. The average molecular weight is 358 g/mol. The van der Waals surface area contributed by atoms with Crippen LogP contribution >= 0.6 is 0 Å². The van der Waals surface area contributed by atoms with Gasteiger partial charge in [-0.2, -0.15) is 0 Å². The molecule has 0 spiro atoms. The molecule has 26 heavy (non-hydrogen) atoms. The number of nitrogens with one attached hydrogen (secondary N) is 1. The second kappa shape index (κ2) is 7.23. The molecule has 3 N–H and O–H groups in total. The molecule has 1 aliphatic rings. The highest BCUT2D eigenvalue weighted by molar-refractivity contribution is 6.00. The summed E-state index contributed by atoms with van der Waals surface area (Å²) in [5.41, 5.74) is 8.55. The number of carbonyl (C=O) groups is 2. The Labute approximate surface area is 154 Å². The van der Waals surface area contributed by atoms with Crippen LogP contribution in [0.5, 0.6) is 0 Å². The third-order valence-electron chi connectivity index (χ3n) is 4.03. The molecule has 0 radical (unpaired) electrons. The van der Waals surface area contributed by atoms with E-state index in [-0.39, 0.29) is 0 Å². The van der Waals surface area contributed by atoms with E-state index in [1.165, 1.54) is 7.11 Å². The number of ether oxygens (including phenoxy) is 2. The van der Waals surface area contributed by atoms with Gasteiger partial charge in [0.2, 0.25) is 0 Å². The molecular weight excluding hydrogens is 332 g/mol. The van der Waals surface area contributed by atoms with Crippen molar-refractivity contribution in [1.29, 1.82) is 0 Å². The Balaban J connectivity index is 2.65. The zero-order valence-electron chi connectivity index (χ0n) is 16.1. The molecule has 1 heterocycles. The number of nitrogens with two attached hydrogens (primary N) is 1. The fraction of sp³-hybridized carbons (Fsp3) is 0.400. The first-order valence-electron chi connectivity index (χ1n) is 8.40. The highest BCUT2D eigenvalue weighted by Crippen LogP contribution is 2.40. The van der Waals surface area contributed by atoms with Crippen LogP contribution in [0.1, 0.15) is 46.1 Å². The Bertz CT molecular complexity index is 800. The van der Waals surface area contributed by atoms with Crippen LogP contribution in [-0.2, 0) is 19.1 Å². The van der Waals surface area contributed by atoms with Crippen molar-refractivity contribution in [2.75, 3.05) is 12.8 Å². The molecule has 6 heteroatoms. The van der Waals surface area contributed by atoms with Crippen LogP contribution in [0.4, 0.5) is 5.69 Å². The fourth-order valence-corrected chi connectivity index (χ4v) is 3.05. The Morgan fingerprint density at radius 1 is 1.08 bits per heavy atom. The lowest BCUT2D eigenvalue weighted by Crippen LogP contribution is -2.34. The van der Waals surface area contributed by atoms with Gasteiger partial charge in [-0.05, 0) is 52.3 Å². The monoisotopic (exact) mass is 358 g/mol. The van der Waals surface area contributed by atoms with Crippen molar-refractivity contribution < 1.29 is 19.1 Å². The standard InChI is InChI=1S/C20H26N2O4/c1-11-15(18(23)25-6)17(13-8-7-9-14(21)10-13)16(12(2)22-11)19(24)26-20(3,4)5/h7-10,17,22H,21H2,1-6H3. The highest BCUT2D eigenvalue weighted by atomic mass is 16.6. The zero-order valence-corrected chi connectivity index (χ0v) is 16.1. The van der Waals surface area contributed by atoms with Gasteiger partial charge in [-0.1, -0.05) is 12.1 Å². The normalized spacial score (nSPS) is 17.7. The first-order valence-corrected chi connectivity index (χ1v) is 8.40. The van der Waals surface area contributed by atoms with E-state index in [1.54, 1.807) is 52.8 Å². The largest absolute Gasteiger partial charge is 0.466 e. The summed E-state index contributed by atoms with van der Waals surface area (Å²) in [7, 11) is 1.32. The molecule has 1 atom stereocenters. The number of hydrogen-bond donors (Lipinski definition) is 2. The van der Waals surface area contributed by atoms with Crippen molar-refractivity contribution in [2.45, 2.75) is 46.1 Å². The van der Waals surface area contributed by atoms with E-state index in [2.05, 4.69) is 5.32 Å². The average Bonchev–Trinajstić information content (AvgIpc) is 2.51. The third kappa shape index (κ3) is 4.07. The molecule has 1 aromatic rings. The van der Waals surface area contributed by atoms with E-state index < -0.39 is 23.5 Å². The van der Waals surface area contributed by atoms with E-state index in [9.17, 15) is 9.59 Å². The maximum absolute atomic E-state index is 12.9. The van der Waals surface area contributed by atoms with Crippen molar-refractivity contribution in [1.82, 2.24) is 5.32 Å². The first kappa shape index (κ1) is 19.6. The smallest absolute Gasteiger partial charge is 0.337 e. The molecule has 6 nitrogen and oxygen atoms in total. The van der Waals surface area contributed by atoms with E-state index in [0.29, 0.717) is 28.2 Å². The van der Waals surface area contributed by atoms with Gasteiger partial charge in [0.1, 0.15) is 5.60 Å². The molecule has 0 saturated carbocycles. The summed E-state index contributed by atoms with van der Waals surface area (Å²) in [4.78, 5) is 25.4. The summed E-state index contributed by atoms with van der Waals surface area (Å²) < 4.78 is 10.5. The van der Waals surface area contributed by atoms with Gasteiger partial charge in [0.25, 0.3) is 0 Å². The molecular formula is C20H26N2O4. The summed E-state index contributed by atoms with van der Waals surface area (Å²) >= 11 is 0. The van der Waals surface area contributed by atoms with Gasteiger partial charge >= 0.3 is 11.9 Å². The summed E-state index contributed by atoms with van der Waals surface area (Å²) in [5, 5.41) is 3.10. The van der Waals surface area contributed by atoms with Crippen LogP contribution < -0.4 is 11.1 Å². The van der Waals surface area contributed by atoms with E-state index in [4.69, 9.17) is 15.2 Å². The molecule has 0 fully saturated rings. The molecule has 140 valence electrons. The van der Waals surface area contributed by atoms with Crippen LogP contribution in [0.3, 0.4) is 0 Å². The van der Waals surface area contributed by atoms with Crippen molar-refractivity contribution in [3.63, 3.8) is 0 Å². The molecule has 2 rings (SSSR count). The Morgan fingerprint density at radius 3 is 2.15 bits per heavy atom. The number of nitrogen functional groups attached to an aromatic ring is 1. The van der Waals surface area contributed by atoms with Gasteiger partial charge in [0, 0.05) is 17.1 Å². The number of allylic oxidation sites excluding steroid dienone is 2. The summed E-state index contributed by atoms with van der Waals surface area (Å²) in [6, 6.07) is 7.13. The lowest BCUT2D eigenvalue weighted by atomic mass is 9.80. The van der Waals surface area contributed by atoms with Gasteiger partial charge < -0.3 is 20.5 Å². The predicted molar refractivity (Wildman–Crippen MR) is 100.0 cm³/mol. The zero-order chi connectivity index (χ0) is 19.6. The van der Waals surface area contributed by atoms with Gasteiger partial charge in [0.15, 0.2) is 0 Å². The van der Waals surface area contributed by atoms with Crippen LogP contribution in [0.2, 0.25) is 0 Å². The fourth-order valence-electron chi connectivity index (χ4n) is 3.05. The number of dihydropyridines is 1. The van der Waals surface area contributed by atoms with Crippen molar-refractivity contribution in [3.05, 3.63) is 52.4 Å². The molecule has 1 aromatic carbocycles. The minimum absolute atomic E-state index is 0.365. The minimum atomic E-state index is -0.660. The number of anilines is 1. The van der Waals surface area contributed by atoms with E-state index >= 15 is 0 Å². The lowest BCUT2D eigenvalue weighted by Gasteiger charge is -2.32. The van der Waals surface area contributed by atoms with Gasteiger partial charge in [-0.25, -0.2) is 9.59 Å². The number of methoxy groups -OCH3 is 1. The summed E-state index contributed by atoms with van der Waals surface area (Å²) in [6.07, 6.45) is 0. The van der Waals surface area contributed by atoms with Crippen molar-refractivity contribution in [2.24, 2.45) is 0 Å². The SMILES string of the molecule is COC(=O)C1=C(C)NC(C)=C(C(=O)OC(C)(C)C)C1c1cccc(N)c1. The van der Waals surface area contributed by atoms with Crippen LogP contribution in [0.15, 0.2) is 46.8 Å². The molecule has 0 saturated heterocycles. The predicted octanol–water partition coefficient (Wildman–Crippen LogP) is 3.02. The second-order valence-electron chi connectivity index (χ2n) is 7.30. The number of hydrogen-bond acceptors (Lipinski definition) is 6. The maximum Gasteiger partial charge on any atom is 0.337 e. The van der Waals surface area contributed by atoms with Crippen molar-refractivity contribution in [3.8, 4) is 0 Å². The Hall–Kier alpha value is -2.76. The quantitative estimate of drug-likeness (QED) is 0.638. The topological polar surface area (TPSA) is 90.6 Å². The van der Waals surface area contributed by atoms with E-state index in [0.717, 1.165) is 5.56 Å². The van der Waals surface area contributed by atoms with Gasteiger partial charge in [-0.15, -0.1) is 0 Å². The first-order chi connectivity index (χ1) is 12.0. The Kier molecular flexibility index (Phi) is 5.44. The highest BCUT2D eigenvalue weighted by Gasteiger charge is 2.38. The molecule has 0 bridgehead atoms. The minimum Gasteiger partial charge on any atom is -0.466 e. The summed E-state index contributed by atoms with van der Waals surface area (Å²) in [5.74, 6) is -1.61. The summed E-state index contributed by atoms with van der Waals surface area (Å²) in [6.45, 7) is 8.97. The second-order valence-corrected chi connectivity index (χ2v) is 7.30. The molecule has 0 aromatic heterocycles. The molecule has 0 amide bonds. The number of rotatable bonds is 3. The van der Waals surface area contributed by atoms with E-state index in [1.807, 2.05) is 6.07 Å². The number of carbonyl (C=O) groups excluding carboxylic acids is 2. The lowest BCUT2D eigenvalue weighted by molar-refractivity contribution is -0.150. The third-order valence-corrected chi connectivity index (χ3v) is 4.03. The molecule has 0 aliphatic carbocycles. The van der Waals surface area contributed by atoms with Crippen LogP contribution in [0, 0.1) is 0 Å². The number of esters is 2. The van der Waals surface area contributed by atoms with Crippen LogP contribution in [-0.4, -0.2) is 24.6 Å². The molecule has 1 aliphatic heterocycles.